The third-order valence-corrected chi connectivity index (χ3v) is 6.80. The van der Waals surface area contributed by atoms with E-state index in [0.29, 0.717) is 17.8 Å². The number of carbonyl (C=O) groups excluding carboxylic acids is 2. The van der Waals surface area contributed by atoms with Crippen LogP contribution < -0.4 is 10.6 Å². The van der Waals surface area contributed by atoms with Gasteiger partial charge < -0.3 is 10.2 Å². The zero-order chi connectivity index (χ0) is 21.0. The molecule has 0 aliphatic carbocycles. The van der Waals surface area contributed by atoms with Crippen LogP contribution in [0.2, 0.25) is 0 Å². The number of nitrogens with zero attached hydrogens (tertiary/aromatic N) is 3. The smallest absolute Gasteiger partial charge is 0.321 e. The Balaban J connectivity index is 1.48. The van der Waals surface area contributed by atoms with Gasteiger partial charge in [-0.05, 0) is 24.1 Å². The molecule has 3 rings (SSSR count). The maximum atomic E-state index is 13.1. The number of benzene rings is 1. The molecule has 1 aliphatic rings. The van der Waals surface area contributed by atoms with Gasteiger partial charge in [-0.2, -0.15) is 4.37 Å². The van der Waals surface area contributed by atoms with Crippen LogP contribution in [0.5, 0.6) is 0 Å². The first-order valence-corrected chi connectivity index (χ1v) is 11.4. The number of halogens is 1. The quantitative estimate of drug-likeness (QED) is 0.699. The van der Waals surface area contributed by atoms with Gasteiger partial charge in [0.25, 0.3) is 0 Å². The number of urea groups is 1. The van der Waals surface area contributed by atoms with Crippen molar-refractivity contribution in [2.75, 3.05) is 23.9 Å². The summed E-state index contributed by atoms with van der Waals surface area (Å²) >= 11 is 0.961. The van der Waals surface area contributed by atoms with E-state index in [1.54, 1.807) is 19.2 Å². The van der Waals surface area contributed by atoms with Gasteiger partial charge in [0, 0.05) is 25.1 Å². The molecule has 1 aromatic carbocycles. The third kappa shape index (κ3) is 5.94. The summed E-state index contributed by atoms with van der Waals surface area (Å²) in [6, 6.07) is 5.37. The summed E-state index contributed by atoms with van der Waals surface area (Å²) < 4.78 is 40.3. The minimum Gasteiger partial charge on any atom is -0.338 e. The van der Waals surface area contributed by atoms with Crippen LogP contribution in [0.3, 0.4) is 0 Å². The molecule has 1 aromatic heterocycles. The average molecular weight is 442 g/mol. The molecule has 0 radical (unpaired) electrons. The molecule has 0 bridgehead atoms. The number of nitrogens with one attached hydrogen (secondary N) is 2. The summed E-state index contributed by atoms with van der Waals surface area (Å²) in [5, 5.41) is 5.37. The van der Waals surface area contributed by atoms with Gasteiger partial charge in [0.2, 0.25) is 11.0 Å². The van der Waals surface area contributed by atoms with Gasteiger partial charge in [0.1, 0.15) is 5.82 Å². The normalized spacial score (nSPS) is 17.7. The largest absolute Gasteiger partial charge is 0.338 e. The van der Waals surface area contributed by atoms with Crippen LogP contribution >= 0.6 is 11.5 Å². The lowest BCUT2D eigenvalue weighted by Gasteiger charge is -2.18. The van der Waals surface area contributed by atoms with Gasteiger partial charge >= 0.3 is 6.03 Å². The van der Waals surface area contributed by atoms with E-state index in [4.69, 9.17) is 0 Å². The number of amides is 3. The second-order valence-electron chi connectivity index (χ2n) is 6.75. The average Bonchev–Trinajstić information content (AvgIpc) is 3.25. The molecule has 1 fully saturated rings. The van der Waals surface area contributed by atoms with Crippen LogP contribution in [0.1, 0.15) is 17.8 Å². The predicted molar refractivity (Wildman–Crippen MR) is 105 cm³/mol. The first-order valence-electron chi connectivity index (χ1n) is 8.79. The van der Waals surface area contributed by atoms with Gasteiger partial charge in [-0.3, -0.25) is 10.1 Å². The lowest BCUT2D eigenvalue weighted by molar-refractivity contribution is -0.134. The molecule has 2 N–H and O–H groups in total. The topological polar surface area (TPSA) is 121 Å². The summed E-state index contributed by atoms with van der Waals surface area (Å²) in [4.78, 5) is 29.9. The number of aromatic nitrogens is 2. The zero-order valence-electron chi connectivity index (χ0n) is 15.6. The summed E-state index contributed by atoms with van der Waals surface area (Å²) in [5.74, 6) is -0.929. The van der Waals surface area contributed by atoms with Crippen molar-refractivity contribution in [2.45, 2.75) is 19.5 Å². The van der Waals surface area contributed by atoms with Crippen molar-refractivity contribution in [3.63, 3.8) is 0 Å². The summed E-state index contributed by atoms with van der Waals surface area (Å²) in [5.41, 5.74) is 0.618. The first-order chi connectivity index (χ1) is 13.7. The van der Waals surface area contributed by atoms with E-state index >= 15 is 0 Å². The van der Waals surface area contributed by atoms with Crippen molar-refractivity contribution >= 4 is 38.4 Å². The van der Waals surface area contributed by atoms with Gasteiger partial charge in [-0.1, -0.05) is 12.1 Å². The molecule has 1 unspecified atom stereocenters. The molecule has 156 valence electrons. The maximum Gasteiger partial charge on any atom is 0.321 e. The minimum absolute atomic E-state index is 0.0327. The van der Waals surface area contributed by atoms with Gasteiger partial charge in [-0.25, -0.2) is 22.6 Å². The molecule has 1 saturated heterocycles. The Bertz CT molecular complexity index is 1010. The Morgan fingerprint density at radius 1 is 1.38 bits per heavy atom. The summed E-state index contributed by atoms with van der Waals surface area (Å²) in [7, 11) is -1.57. The second kappa shape index (κ2) is 8.82. The summed E-state index contributed by atoms with van der Waals surface area (Å²) in [6.45, 7) is 0.259. The molecule has 2 heterocycles. The van der Waals surface area contributed by atoms with Crippen LogP contribution in [0.25, 0.3) is 0 Å². The molecule has 3 amide bonds. The highest BCUT2D eigenvalue weighted by atomic mass is 32.2. The lowest BCUT2D eigenvalue weighted by atomic mass is 10.1. The van der Waals surface area contributed by atoms with Crippen molar-refractivity contribution in [3.05, 3.63) is 41.5 Å². The van der Waals surface area contributed by atoms with Gasteiger partial charge in [0.15, 0.2) is 15.7 Å². The minimum atomic E-state index is -3.14. The van der Waals surface area contributed by atoms with Gasteiger partial charge in [0.05, 0.1) is 24.0 Å². The van der Waals surface area contributed by atoms with Crippen LogP contribution in [0.4, 0.5) is 14.3 Å². The SMILES string of the molecule is CN(Cc1nsc(NC(=O)NCc2cccc(F)c2)n1)C(=O)C1CCS(=O)(=O)C1. The highest BCUT2D eigenvalue weighted by Gasteiger charge is 2.34. The fraction of sp³-hybridized carbons (Fsp3) is 0.412. The van der Waals surface area contributed by atoms with E-state index in [9.17, 15) is 22.4 Å². The Morgan fingerprint density at radius 3 is 2.86 bits per heavy atom. The van der Waals surface area contributed by atoms with Gasteiger partial charge in [-0.15, -0.1) is 0 Å². The molecule has 1 aliphatic heterocycles. The van der Waals surface area contributed by atoms with Crippen molar-refractivity contribution in [3.8, 4) is 0 Å². The van der Waals surface area contributed by atoms with Crippen LogP contribution in [-0.4, -0.2) is 53.2 Å². The van der Waals surface area contributed by atoms with Crippen molar-refractivity contribution < 1.29 is 22.4 Å². The Morgan fingerprint density at radius 2 is 2.17 bits per heavy atom. The number of anilines is 1. The van der Waals surface area contributed by atoms with E-state index in [1.165, 1.54) is 17.0 Å². The molecule has 29 heavy (non-hydrogen) atoms. The van der Waals surface area contributed by atoms with E-state index in [2.05, 4.69) is 20.0 Å². The molecule has 2 aromatic rings. The predicted octanol–water partition coefficient (Wildman–Crippen LogP) is 1.39. The number of sulfone groups is 1. The molecule has 12 heteroatoms. The molecule has 1 atom stereocenters. The molecule has 0 saturated carbocycles. The van der Waals surface area contributed by atoms with Crippen LogP contribution in [0.15, 0.2) is 24.3 Å². The number of carbonyl (C=O) groups is 2. The highest BCUT2D eigenvalue weighted by Crippen LogP contribution is 2.21. The fourth-order valence-electron chi connectivity index (χ4n) is 2.93. The zero-order valence-corrected chi connectivity index (χ0v) is 17.2. The Labute approximate surface area is 171 Å². The fourth-order valence-corrected chi connectivity index (χ4v) is 5.24. The van der Waals surface area contributed by atoms with E-state index in [1.807, 2.05) is 0 Å². The second-order valence-corrected chi connectivity index (χ2v) is 9.73. The maximum absolute atomic E-state index is 13.1. The van der Waals surface area contributed by atoms with Crippen LogP contribution in [-0.2, 0) is 27.7 Å². The van der Waals surface area contributed by atoms with E-state index in [0.717, 1.165) is 11.5 Å². The molecular weight excluding hydrogens is 421 g/mol. The van der Waals surface area contributed by atoms with E-state index < -0.39 is 21.8 Å². The highest BCUT2D eigenvalue weighted by molar-refractivity contribution is 7.91. The Kier molecular flexibility index (Phi) is 6.42. The lowest BCUT2D eigenvalue weighted by Crippen LogP contribution is -2.33. The number of hydrogen-bond donors (Lipinski definition) is 2. The monoisotopic (exact) mass is 441 g/mol. The van der Waals surface area contributed by atoms with Crippen molar-refractivity contribution in [1.82, 2.24) is 19.6 Å². The Hall–Kier alpha value is -2.60. The molecule has 0 spiro atoms. The molecular formula is C17H20FN5O4S2. The number of hydrogen-bond acceptors (Lipinski definition) is 7. The van der Waals surface area contributed by atoms with Crippen molar-refractivity contribution in [1.29, 1.82) is 0 Å². The molecule has 9 nitrogen and oxygen atoms in total. The standard InChI is InChI=1S/C17H20FN5O4S2/c1-23(15(24)12-5-6-29(26,27)10-12)9-14-20-17(28-22-14)21-16(25)19-8-11-3-2-4-13(18)7-11/h2-4,7,12H,5-6,8-10H2,1H3,(H2,19,20,21,22,25). The third-order valence-electron chi connectivity index (χ3n) is 4.37. The van der Waals surface area contributed by atoms with Crippen molar-refractivity contribution in [2.24, 2.45) is 5.92 Å². The number of rotatable bonds is 6. The first kappa shape index (κ1) is 21.1. The van der Waals surface area contributed by atoms with E-state index in [-0.39, 0.29) is 41.5 Å². The summed E-state index contributed by atoms with van der Waals surface area (Å²) in [6.07, 6.45) is 0.328. The van der Waals surface area contributed by atoms with Crippen LogP contribution in [0, 0.1) is 11.7 Å².